The van der Waals surface area contributed by atoms with E-state index < -0.39 is 0 Å². The summed E-state index contributed by atoms with van der Waals surface area (Å²) in [7, 11) is 0. The minimum absolute atomic E-state index is 0.0625. The number of hydrogen-bond donors (Lipinski definition) is 2. The molecule has 0 bridgehead atoms. The number of phenolic OH excluding ortho intramolecular Hbond substituents is 1. The van der Waals surface area contributed by atoms with Crippen LogP contribution in [0.25, 0.3) is 0 Å². The highest BCUT2D eigenvalue weighted by Crippen LogP contribution is 2.26. The van der Waals surface area contributed by atoms with Gasteiger partial charge in [0.1, 0.15) is 5.75 Å². The van der Waals surface area contributed by atoms with Crippen molar-refractivity contribution >= 4 is 11.6 Å². The lowest BCUT2D eigenvalue weighted by atomic mass is 9.96. The molecule has 0 saturated heterocycles. The number of anilines is 1. The summed E-state index contributed by atoms with van der Waals surface area (Å²) in [6, 6.07) is 6.70. The minimum Gasteiger partial charge on any atom is -0.508 e. The van der Waals surface area contributed by atoms with Gasteiger partial charge < -0.3 is 10.4 Å². The zero-order valence-electron chi connectivity index (χ0n) is 10.7. The van der Waals surface area contributed by atoms with Gasteiger partial charge in [0, 0.05) is 18.2 Å². The van der Waals surface area contributed by atoms with E-state index in [0.29, 0.717) is 18.0 Å². The molecule has 2 N–H and O–H groups in total. The summed E-state index contributed by atoms with van der Waals surface area (Å²) in [5.74, 6) is 0.777. The zero-order chi connectivity index (χ0) is 12.8. The number of hydrogen-bond acceptors (Lipinski definition) is 2. The van der Waals surface area contributed by atoms with Crippen molar-refractivity contribution in [3.8, 4) is 5.75 Å². The Labute approximate surface area is 108 Å². The van der Waals surface area contributed by atoms with E-state index in [1.807, 2.05) is 0 Å². The Hall–Kier alpha value is -1.51. The van der Waals surface area contributed by atoms with E-state index in [1.54, 1.807) is 24.3 Å². The average molecular weight is 247 g/mol. The van der Waals surface area contributed by atoms with Gasteiger partial charge in [-0.05, 0) is 30.9 Å². The number of carbonyl (C=O) groups excluding carboxylic acids is 1. The van der Waals surface area contributed by atoms with Gasteiger partial charge in [-0.2, -0.15) is 0 Å². The van der Waals surface area contributed by atoms with Gasteiger partial charge in [0.2, 0.25) is 5.91 Å². The van der Waals surface area contributed by atoms with Crippen LogP contribution in [-0.4, -0.2) is 11.0 Å². The van der Waals surface area contributed by atoms with Crippen molar-refractivity contribution < 1.29 is 9.90 Å². The second-order valence-corrected chi connectivity index (χ2v) is 5.16. The SMILES string of the molecule is O=C(CC1CCCCCC1)Nc1cccc(O)c1. The van der Waals surface area contributed by atoms with Crippen molar-refractivity contribution in [3.63, 3.8) is 0 Å². The van der Waals surface area contributed by atoms with E-state index in [4.69, 9.17) is 0 Å². The topological polar surface area (TPSA) is 49.3 Å². The molecule has 1 aliphatic carbocycles. The van der Waals surface area contributed by atoms with Crippen molar-refractivity contribution in [1.82, 2.24) is 0 Å². The average Bonchev–Trinajstić information content (AvgIpc) is 2.57. The lowest BCUT2D eigenvalue weighted by Gasteiger charge is -2.13. The first-order valence-corrected chi connectivity index (χ1v) is 6.83. The van der Waals surface area contributed by atoms with Crippen molar-refractivity contribution in [3.05, 3.63) is 24.3 Å². The molecule has 0 spiro atoms. The monoisotopic (exact) mass is 247 g/mol. The molecule has 0 radical (unpaired) electrons. The molecule has 98 valence electrons. The van der Waals surface area contributed by atoms with Crippen LogP contribution in [-0.2, 0) is 4.79 Å². The molecule has 1 saturated carbocycles. The minimum atomic E-state index is 0.0625. The number of phenols is 1. The van der Waals surface area contributed by atoms with Crippen LogP contribution in [0.4, 0.5) is 5.69 Å². The van der Waals surface area contributed by atoms with Gasteiger partial charge in [-0.15, -0.1) is 0 Å². The van der Waals surface area contributed by atoms with Crippen molar-refractivity contribution in [2.24, 2.45) is 5.92 Å². The summed E-state index contributed by atoms with van der Waals surface area (Å²) in [6.07, 6.45) is 8.08. The van der Waals surface area contributed by atoms with Crippen LogP contribution in [0.5, 0.6) is 5.75 Å². The van der Waals surface area contributed by atoms with Crippen molar-refractivity contribution in [2.45, 2.75) is 44.9 Å². The smallest absolute Gasteiger partial charge is 0.224 e. The van der Waals surface area contributed by atoms with E-state index in [-0.39, 0.29) is 11.7 Å². The molecule has 1 fully saturated rings. The van der Waals surface area contributed by atoms with Crippen LogP contribution in [0.15, 0.2) is 24.3 Å². The fourth-order valence-electron chi connectivity index (χ4n) is 2.63. The van der Waals surface area contributed by atoms with Crippen molar-refractivity contribution in [1.29, 1.82) is 0 Å². The molecule has 1 aromatic carbocycles. The molecule has 0 atom stereocenters. The second kappa shape index (κ2) is 6.43. The third kappa shape index (κ3) is 4.06. The Morgan fingerprint density at radius 2 is 1.94 bits per heavy atom. The number of amides is 1. The fraction of sp³-hybridized carbons (Fsp3) is 0.533. The van der Waals surface area contributed by atoms with Crippen LogP contribution in [0.1, 0.15) is 44.9 Å². The van der Waals surface area contributed by atoms with Crippen LogP contribution in [0.2, 0.25) is 0 Å². The first-order chi connectivity index (χ1) is 8.74. The maximum Gasteiger partial charge on any atom is 0.224 e. The number of carbonyl (C=O) groups is 1. The van der Waals surface area contributed by atoms with E-state index >= 15 is 0 Å². The molecular weight excluding hydrogens is 226 g/mol. The van der Waals surface area contributed by atoms with Gasteiger partial charge in [-0.3, -0.25) is 4.79 Å². The maximum atomic E-state index is 11.9. The van der Waals surface area contributed by atoms with Gasteiger partial charge in [-0.25, -0.2) is 0 Å². The summed E-state index contributed by atoms with van der Waals surface area (Å²) in [6.45, 7) is 0. The summed E-state index contributed by atoms with van der Waals surface area (Å²) in [5.41, 5.74) is 0.675. The van der Waals surface area contributed by atoms with Gasteiger partial charge in [0.05, 0.1) is 0 Å². The molecular formula is C15H21NO2. The summed E-state index contributed by atoms with van der Waals surface area (Å²) >= 11 is 0. The Balaban J connectivity index is 1.84. The maximum absolute atomic E-state index is 11.9. The van der Waals surface area contributed by atoms with E-state index in [9.17, 15) is 9.90 Å². The third-order valence-electron chi connectivity index (χ3n) is 3.58. The molecule has 2 rings (SSSR count). The molecule has 3 heteroatoms. The predicted octanol–water partition coefficient (Wildman–Crippen LogP) is 3.69. The lowest BCUT2D eigenvalue weighted by molar-refractivity contribution is -0.117. The Morgan fingerprint density at radius 1 is 1.22 bits per heavy atom. The molecule has 1 aliphatic rings. The first-order valence-electron chi connectivity index (χ1n) is 6.83. The van der Waals surface area contributed by atoms with E-state index in [1.165, 1.54) is 38.5 Å². The molecule has 1 aromatic rings. The number of nitrogens with one attached hydrogen (secondary N) is 1. The molecule has 0 unspecified atom stereocenters. The number of rotatable bonds is 3. The molecule has 0 aliphatic heterocycles. The Bertz CT molecular complexity index is 395. The largest absolute Gasteiger partial charge is 0.508 e. The highest BCUT2D eigenvalue weighted by Gasteiger charge is 2.16. The van der Waals surface area contributed by atoms with Gasteiger partial charge >= 0.3 is 0 Å². The standard InChI is InChI=1S/C15H21NO2/c17-14-9-5-8-13(11-14)16-15(18)10-12-6-3-1-2-4-7-12/h5,8-9,11-12,17H,1-4,6-7,10H2,(H,16,18). The molecule has 18 heavy (non-hydrogen) atoms. The van der Waals surface area contributed by atoms with Crippen LogP contribution < -0.4 is 5.32 Å². The first kappa shape index (κ1) is 12.9. The molecule has 0 heterocycles. The van der Waals surface area contributed by atoms with Gasteiger partial charge in [0.15, 0.2) is 0 Å². The predicted molar refractivity (Wildman–Crippen MR) is 72.5 cm³/mol. The Morgan fingerprint density at radius 3 is 2.61 bits per heavy atom. The quantitative estimate of drug-likeness (QED) is 0.800. The highest BCUT2D eigenvalue weighted by molar-refractivity contribution is 5.91. The van der Waals surface area contributed by atoms with Crippen LogP contribution >= 0.6 is 0 Å². The van der Waals surface area contributed by atoms with Gasteiger partial charge in [0.25, 0.3) is 0 Å². The zero-order valence-corrected chi connectivity index (χ0v) is 10.7. The molecule has 0 aromatic heterocycles. The molecule has 1 amide bonds. The normalized spacial score (nSPS) is 17.1. The van der Waals surface area contributed by atoms with E-state index in [0.717, 1.165) is 0 Å². The summed E-state index contributed by atoms with van der Waals surface area (Å²) in [5, 5.41) is 12.2. The third-order valence-corrected chi connectivity index (χ3v) is 3.58. The lowest BCUT2D eigenvalue weighted by Crippen LogP contribution is -2.16. The Kier molecular flexibility index (Phi) is 4.62. The van der Waals surface area contributed by atoms with E-state index in [2.05, 4.69) is 5.32 Å². The van der Waals surface area contributed by atoms with Crippen molar-refractivity contribution in [2.75, 3.05) is 5.32 Å². The van der Waals surface area contributed by atoms with Gasteiger partial charge in [-0.1, -0.05) is 31.7 Å². The summed E-state index contributed by atoms with van der Waals surface area (Å²) in [4.78, 5) is 11.9. The number of aromatic hydroxyl groups is 1. The van der Waals surface area contributed by atoms with Crippen LogP contribution in [0, 0.1) is 5.92 Å². The molecule has 3 nitrogen and oxygen atoms in total. The van der Waals surface area contributed by atoms with Crippen LogP contribution in [0.3, 0.4) is 0 Å². The highest BCUT2D eigenvalue weighted by atomic mass is 16.3. The number of benzene rings is 1. The second-order valence-electron chi connectivity index (χ2n) is 5.16. The fourth-order valence-corrected chi connectivity index (χ4v) is 2.63. The summed E-state index contributed by atoms with van der Waals surface area (Å²) < 4.78 is 0.